The zero-order chi connectivity index (χ0) is 14.8. The Hall–Kier alpha value is -1.67. The summed E-state index contributed by atoms with van der Waals surface area (Å²) in [6.07, 6.45) is 4.09. The first-order chi connectivity index (χ1) is 10.1. The van der Waals surface area contributed by atoms with Gasteiger partial charge in [-0.3, -0.25) is 4.90 Å². The topological polar surface area (TPSA) is 84.3 Å². The van der Waals surface area contributed by atoms with Crippen LogP contribution in [0.4, 0.5) is 11.1 Å². The summed E-state index contributed by atoms with van der Waals surface area (Å²) >= 11 is 1.55. The number of anilines is 2. The zero-order valence-corrected chi connectivity index (χ0v) is 13.1. The molecule has 0 amide bonds. The molecule has 7 nitrogen and oxygen atoms in total. The van der Waals surface area contributed by atoms with E-state index in [2.05, 4.69) is 20.0 Å². The van der Waals surface area contributed by atoms with Gasteiger partial charge in [0.25, 0.3) is 5.95 Å². The lowest BCUT2D eigenvalue weighted by atomic mass is 9.98. The summed E-state index contributed by atoms with van der Waals surface area (Å²) in [6.45, 7) is 2.91. The van der Waals surface area contributed by atoms with Gasteiger partial charge >= 0.3 is 0 Å². The second kappa shape index (κ2) is 5.98. The quantitative estimate of drug-likeness (QED) is 0.917. The number of aromatic nitrogens is 3. The van der Waals surface area contributed by atoms with Gasteiger partial charge in [0.05, 0.1) is 5.92 Å². The fourth-order valence-corrected chi connectivity index (χ4v) is 3.32. The molecule has 0 aliphatic carbocycles. The van der Waals surface area contributed by atoms with E-state index in [0.717, 1.165) is 38.4 Å². The van der Waals surface area contributed by atoms with Crippen molar-refractivity contribution in [1.82, 2.24) is 20.0 Å². The van der Waals surface area contributed by atoms with Crippen LogP contribution in [0.5, 0.6) is 0 Å². The van der Waals surface area contributed by atoms with Crippen LogP contribution in [-0.2, 0) is 6.54 Å². The molecule has 0 saturated carbocycles. The van der Waals surface area contributed by atoms with Crippen molar-refractivity contribution >= 4 is 22.4 Å². The lowest BCUT2D eigenvalue weighted by Crippen LogP contribution is -2.33. The van der Waals surface area contributed by atoms with E-state index in [1.807, 2.05) is 25.2 Å². The Balaban J connectivity index is 1.64. The van der Waals surface area contributed by atoms with Gasteiger partial charge in [-0.15, -0.1) is 11.3 Å². The molecule has 1 aliphatic heterocycles. The van der Waals surface area contributed by atoms with Crippen LogP contribution < -0.4 is 10.6 Å². The third-order valence-electron chi connectivity index (χ3n) is 3.64. The van der Waals surface area contributed by atoms with E-state index in [9.17, 15) is 0 Å². The van der Waals surface area contributed by atoms with Crippen LogP contribution in [0, 0.1) is 0 Å². The number of nitrogens with two attached hydrogens (primary N) is 1. The van der Waals surface area contributed by atoms with Gasteiger partial charge < -0.3 is 15.2 Å². The summed E-state index contributed by atoms with van der Waals surface area (Å²) in [5, 5.41) is 4.63. The number of likely N-dealkylation sites (tertiary alicyclic amines) is 1. The van der Waals surface area contributed by atoms with Gasteiger partial charge in [0.15, 0.2) is 5.13 Å². The van der Waals surface area contributed by atoms with E-state index in [1.54, 1.807) is 11.3 Å². The Morgan fingerprint density at radius 3 is 3.05 bits per heavy atom. The summed E-state index contributed by atoms with van der Waals surface area (Å²) < 4.78 is 5.41. The summed E-state index contributed by atoms with van der Waals surface area (Å²) in [4.78, 5) is 14.0. The predicted octanol–water partition coefficient (Wildman–Crippen LogP) is 1.55. The van der Waals surface area contributed by atoms with Crippen molar-refractivity contribution in [2.75, 3.05) is 37.8 Å². The highest BCUT2D eigenvalue weighted by atomic mass is 32.1. The number of hydrogen-bond acceptors (Lipinski definition) is 8. The van der Waals surface area contributed by atoms with Gasteiger partial charge in [-0.1, -0.05) is 0 Å². The van der Waals surface area contributed by atoms with E-state index in [-0.39, 0.29) is 0 Å². The first-order valence-electron chi connectivity index (χ1n) is 7.05. The normalized spacial score (nSPS) is 19.8. The van der Waals surface area contributed by atoms with Crippen molar-refractivity contribution in [1.29, 1.82) is 0 Å². The standard InChI is InChI=1S/C13H20N6OS/c1-18(2)13-16-11(20-17-13)9-4-3-5-19(7-9)8-10-6-15-12(14)21-10/h6,9H,3-5,7-8H2,1-2H3,(H2,14,15). The summed E-state index contributed by atoms with van der Waals surface area (Å²) in [5.74, 6) is 1.69. The van der Waals surface area contributed by atoms with Gasteiger partial charge in [0.1, 0.15) is 0 Å². The molecule has 8 heteroatoms. The highest BCUT2D eigenvalue weighted by Gasteiger charge is 2.26. The summed E-state index contributed by atoms with van der Waals surface area (Å²) in [5.41, 5.74) is 5.68. The first kappa shape index (κ1) is 14.3. The molecule has 1 fully saturated rings. The highest BCUT2D eigenvalue weighted by Crippen LogP contribution is 2.28. The molecule has 3 heterocycles. The lowest BCUT2D eigenvalue weighted by molar-refractivity contribution is 0.181. The molecule has 0 aromatic carbocycles. The average Bonchev–Trinajstić information content (AvgIpc) is 3.08. The molecular weight excluding hydrogens is 288 g/mol. The number of rotatable bonds is 4. The van der Waals surface area contributed by atoms with Crippen molar-refractivity contribution in [2.24, 2.45) is 0 Å². The molecule has 3 rings (SSSR count). The largest absolute Gasteiger partial charge is 0.375 e. The number of nitrogen functional groups attached to an aromatic ring is 1. The Morgan fingerprint density at radius 2 is 2.38 bits per heavy atom. The number of hydrogen-bond donors (Lipinski definition) is 1. The molecule has 2 N–H and O–H groups in total. The van der Waals surface area contributed by atoms with Crippen molar-refractivity contribution in [3.63, 3.8) is 0 Å². The summed E-state index contributed by atoms with van der Waals surface area (Å²) in [6, 6.07) is 0. The Kier molecular flexibility index (Phi) is 4.07. The van der Waals surface area contributed by atoms with Gasteiger partial charge in [-0.05, 0) is 24.5 Å². The predicted molar refractivity (Wildman–Crippen MR) is 82.4 cm³/mol. The smallest absolute Gasteiger partial charge is 0.265 e. The van der Waals surface area contributed by atoms with E-state index < -0.39 is 0 Å². The molecule has 114 valence electrons. The Morgan fingerprint density at radius 1 is 1.52 bits per heavy atom. The molecule has 21 heavy (non-hydrogen) atoms. The van der Waals surface area contributed by atoms with E-state index in [4.69, 9.17) is 10.3 Å². The van der Waals surface area contributed by atoms with Gasteiger partial charge in [-0.2, -0.15) is 4.98 Å². The molecule has 0 spiro atoms. The number of nitrogens with zero attached hydrogens (tertiary/aromatic N) is 5. The molecule has 1 unspecified atom stereocenters. The molecule has 1 atom stereocenters. The highest BCUT2D eigenvalue weighted by molar-refractivity contribution is 7.15. The van der Waals surface area contributed by atoms with E-state index in [1.165, 1.54) is 4.88 Å². The van der Waals surface area contributed by atoms with Crippen molar-refractivity contribution < 1.29 is 4.52 Å². The van der Waals surface area contributed by atoms with Gasteiger partial charge in [0, 0.05) is 38.3 Å². The van der Waals surface area contributed by atoms with Crippen LogP contribution in [0.3, 0.4) is 0 Å². The second-order valence-electron chi connectivity index (χ2n) is 5.57. The van der Waals surface area contributed by atoms with Crippen LogP contribution in [0.2, 0.25) is 0 Å². The molecule has 2 aromatic heterocycles. The molecule has 2 aromatic rings. The van der Waals surface area contributed by atoms with Crippen LogP contribution in [0.15, 0.2) is 10.7 Å². The van der Waals surface area contributed by atoms with Gasteiger partial charge in [-0.25, -0.2) is 4.98 Å². The Labute approximate surface area is 127 Å². The van der Waals surface area contributed by atoms with Crippen molar-refractivity contribution in [3.05, 3.63) is 17.0 Å². The van der Waals surface area contributed by atoms with Crippen molar-refractivity contribution in [3.8, 4) is 0 Å². The molecule has 1 saturated heterocycles. The Bertz CT molecular complexity index is 595. The maximum Gasteiger partial charge on any atom is 0.265 e. The summed E-state index contributed by atoms with van der Waals surface area (Å²) in [7, 11) is 3.83. The lowest BCUT2D eigenvalue weighted by Gasteiger charge is -2.30. The maximum absolute atomic E-state index is 5.68. The number of piperidine rings is 1. The van der Waals surface area contributed by atoms with Gasteiger partial charge in [0.2, 0.25) is 5.89 Å². The average molecular weight is 308 g/mol. The minimum absolute atomic E-state index is 0.310. The molecule has 0 radical (unpaired) electrons. The third kappa shape index (κ3) is 3.33. The molecule has 1 aliphatic rings. The minimum Gasteiger partial charge on any atom is -0.375 e. The monoisotopic (exact) mass is 308 g/mol. The number of thiazole rings is 1. The van der Waals surface area contributed by atoms with E-state index >= 15 is 0 Å². The third-order valence-corrected chi connectivity index (χ3v) is 4.45. The SMILES string of the molecule is CN(C)c1noc(C2CCCN(Cc3cnc(N)s3)C2)n1. The van der Waals surface area contributed by atoms with Crippen LogP contribution in [0.1, 0.15) is 29.5 Å². The minimum atomic E-state index is 0.310. The van der Waals surface area contributed by atoms with Crippen molar-refractivity contribution in [2.45, 2.75) is 25.3 Å². The maximum atomic E-state index is 5.68. The van der Waals surface area contributed by atoms with Crippen LogP contribution >= 0.6 is 11.3 Å². The fraction of sp³-hybridized carbons (Fsp3) is 0.615. The fourth-order valence-electron chi connectivity index (χ4n) is 2.59. The van der Waals surface area contributed by atoms with E-state index in [0.29, 0.717) is 17.0 Å². The molecule has 0 bridgehead atoms. The zero-order valence-electron chi connectivity index (χ0n) is 12.3. The second-order valence-corrected chi connectivity index (χ2v) is 6.71. The van der Waals surface area contributed by atoms with Crippen LogP contribution in [0.25, 0.3) is 0 Å². The molecular formula is C13H20N6OS. The van der Waals surface area contributed by atoms with Crippen LogP contribution in [-0.4, -0.2) is 47.2 Å². The first-order valence-corrected chi connectivity index (χ1v) is 7.87.